The van der Waals surface area contributed by atoms with E-state index in [0.717, 1.165) is 41.6 Å². The normalized spacial score (nSPS) is 40.7. The number of halogens is 1. The zero-order valence-corrected chi connectivity index (χ0v) is 19.0. The molecule has 1 aromatic carbocycles. The summed E-state index contributed by atoms with van der Waals surface area (Å²) in [5.74, 6) is 5.94. The highest BCUT2D eigenvalue weighted by Crippen LogP contribution is 2.60. The van der Waals surface area contributed by atoms with Gasteiger partial charge in [-0.2, -0.15) is 0 Å². The Kier molecular flexibility index (Phi) is 4.74. The van der Waals surface area contributed by atoms with Crippen LogP contribution in [0.3, 0.4) is 0 Å². The van der Waals surface area contributed by atoms with Crippen LogP contribution in [-0.2, 0) is 0 Å². The predicted octanol–water partition coefficient (Wildman–Crippen LogP) is 7.84. The van der Waals surface area contributed by atoms with E-state index in [2.05, 4.69) is 19.9 Å². The molecule has 6 aliphatic carbocycles. The van der Waals surface area contributed by atoms with Gasteiger partial charge < -0.3 is 4.74 Å². The first kappa shape index (κ1) is 19.6. The lowest BCUT2D eigenvalue weighted by atomic mass is 9.50. The monoisotopic (exact) mass is 410 g/mol. The maximum atomic E-state index is 15.4. The summed E-state index contributed by atoms with van der Waals surface area (Å²) in [5.41, 5.74) is 2.66. The zero-order chi connectivity index (χ0) is 20.5. The van der Waals surface area contributed by atoms with Crippen molar-refractivity contribution >= 4 is 0 Å². The van der Waals surface area contributed by atoms with E-state index in [1.54, 1.807) is 6.07 Å². The molecule has 6 fully saturated rings. The fourth-order valence-electron chi connectivity index (χ4n) is 8.62. The molecule has 0 saturated heterocycles. The SMILES string of the molecule is CC(c1cc(C2CC2)c(OCC23CC4CC(CC(C4)C2)C3)cc1F)C1CCC[C@H]1C. The van der Waals surface area contributed by atoms with Crippen molar-refractivity contribution in [3.05, 3.63) is 29.1 Å². The Bertz CT molecular complexity index is 774. The van der Waals surface area contributed by atoms with Gasteiger partial charge in [0.1, 0.15) is 11.6 Å². The molecule has 30 heavy (non-hydrogen) atoms. The van der Waals surface area contributed by atoms with E-state index in [9.17, 15) is 0 Å². The van der Waals surface area contributed by atoms with E-state index >= 15 is 4.39 Å². The standard InChI is InChI=1S/C28H39FO/c1-17-4-3-5-23(17)18(2)24-11-25(22-6-7-22)27(12-26(24)29)30-16-28-13-19-8-20(14-28)10-21(9-19)15-28/h11-12,17-23H,3-10,13-16H2,1-2H3/t17-,18?,19?,20?,21?,23?,28?/m1/s1. The average molecular weight is 411 g/mol. The minimum absolute atomic E-state index is 0.0217. The van der Waals surface area contributed by atoms with Crippen LogP contribution in [0.2, 0.25) is 0 Å². The van der Waals surface area contributed by atoms with Crippen molar-refractivity contribution in [2.24, 2.45) is 35.0 Å². The second-order valence-corrected chi connectivity index (χ2v) is 12.3. The van der Waals surface area contributed by atoms with Crippen LogP contribution in [0, 0.1) is 40.8 Å². The Morgan fingerprint density at radius 1 is 1.00 bits per heavy atom. The summed E-state index contributed by atoms with van der Waals surface area (Å²) in [6, 6.07) is 4.00. The van der Waals surface area contributed by atoms with Gasteiger partial charge in [-0.3, -0.25) is 0 Å². The number of hydrogen-bond acceptors (Lipinski definition) is 1. The van der Waals surface area contributed by atoms with Crippen molar-refractivity contribution < 1.29 is 9.13 Å². The highest BCUT2D eigenvalue weighted by atomic mass is 19.1. The van der Waals surface area contributed by atoms with Gasteiger partial charge in [0.2, 0.25) is 0 Å². The van der Waals surface area contributed by atoms with Gasteiger partial charge >= 0.3 is 0 Å². The predicted molar refractivity (Wildman–Crippen MR) is 119 cm³/mol. The zero-order valence-electron chi connectivity index (χ0n) is 19.0. The van der Waals surface area contributed by atoms with Crippen LogP contribution in [-0.4, -0.2) is 6.61 Å². The van der Waals surface area contributed by atoms with Crippen molar-refractivity contribution in [3.63, 3.8) is 0 Å². The minimum Gasteiger partial charge on any atom is -0.493 e. The summed E-state index contributed by atoms with van der Waals surface area (Å²) in [4.78, 5) is 0. The first-order valence-corrected chi connectivity index (χ1v) is 13.0. The molecule has 0 amide bonds. The van der Waals surface area contributed by atoms with Crippen LogP contribution >= 0.6 is 0 Å². The molecule has 2 heteroatoms. The van der Waals surface area contributed by atoms with Gasteiger partial charge in [-0.25, -0.2) is 4.39 Å². The van der Waals surface area contributed by atoms with E-state index in [1.807, 2.05) is 0 Å². The largest absolute Gasteiger partial charge is 0.493 e. The summed E-state index contributed by atoms with van der Waals surface area (Å²) in [6.07, 6.45) is 14.8. The van der Waals surface area contributed by atoms with Crippen molar-refractivity contribution in [1.82, 2.24) is 0 Å². The first-order chi connectivity index (χ1) is 14.5. The van der Waals surface area contributed by atoms with E-state index < -0.39 is 0 Å². The molecule has 0 heterocycles. The fourth-order valence-corrected chi connectivity index (χ4v) is 8.62. The van der Waals surface area contributed by atoms with Gasteiger partial charge in [0, 0.05) is 11.5 Å². The van der Waals surface area contributed by atoms with Crippen LogP contribution in [0.25, 0.3) is 0 Å². The van der Waals surface area contributed by atoms with Crippen LogP contribution < -0.4 is 4.74 Å². The lowest BCUT2D eigenvalue weighted by Gasteiger charge is -2.56. The van der Waals surface area contributed by atoms with Crippen molar-refractivity contribution in [2.45, 2.75) is 96.3 Å². The maximum absolute atomic E-state index is 15.4. The molecule has 6 saturated carbocycles. The van der Waals surface area contributed by atoms with Crippen LogP contribution in [0.15, 0.2) is 12.1 Å². The highest BCUT2D eigenvalue weighted by molar-refractivity contribution is 5.44. The van der Waals surface area contributed by atoms with Crippen LogP contribution in [0.1, 0.15) is 107 Å². The Morgan fingerprint density at radius 3 is 2.23 bits per heavy atom. The third kappa shape index (κ3) is 3.41. The molecule has 6 aliphatic rings. The third-order valence-corrected chi connectivity index (χ3v) is 9.91. The van der Waals surface area contributed by atoms with Gasteiger partial charge in [-0.1, -0.05) is 26.7 Å². The molecule has 0 N–H and O–H groups in total. The van der Waals surface area contributed by atoms with Crippen molar-refractivity contribution in [2.75, 3.05) is 6.61 Å². The molecular formula is C28H39FO. The minimum atomic E-state index is -0.0217. The molecule has 3 atom stereocenters. The summed E-state index contributed by atoms with van der Waals surface area (Å²) >= 11 is 0. The smallest absolute Gasteiger partial charge is 0.130 e. The van der Waals surface area contributed by atoms with E-state index in [4.69, 9.17) is 4.74 Å². The number of rotatable bonds is 6. The molecular weight excluding hydrogens is 371 g/mol. The van der Waals surface area contributed by atoms with Gasteiger partial charge in [0.15, 0.2) is 0 Å². The maximum Gasteiger partial charge on any atom is 0.130 e. The lowest BCUT2D eigenvalue weighted by Crippen LogP contribution is -2.48. The molecule has 0 aliphatic heterocycles. The Labute approximate surface area is 182 Å². The second kappa shape index (κ2) is 7.24. The Balaban J connectivity index is 1.24. The second-order valence-electron chi connectivity index (χ2n) is 12.3. The molecule has 0 spiro atoms. The number of benzene rings is 1. The van der Waals surface area contributed by atoms with Gasteiger partial charge in [0.25, 0.3) is 0 Å². The van der Waals surface area contributed by atoms with Gasteiger partial charge in [0.05, 0.1) is 6.61 Å². The van der Waals surface area contributed by atoms with Gasteiger partial charge in [-0.15, -0.1) is 0 Å². The highest BCUT2D eigenvalue weighted by Gasteiger charge is 2.51. The van der Waals surface area contributed by atoms with Crippen LogP contribution in [0.5, 0.6) is 5.75 Å². The Hall–Kier alpha value is -1.05. The molecule has 164 valence electrons. The molecule has 1 nitrogen and oxygen atoms in total. The molecule has 4 bridgehead atoms. The lowest BCUT2D eigenvalue weighted by molar-refractivity contribution is -0.0747. The fraction of sp³-hybridized carbons (Fsp3) is 0.786. The average Bonchev–Trinajstić information content (AvgIpc) is 3.45. The molecule has 2 unspecified atom stereocenters. The van der Waals surface area contributed by atoms with E-state index in [1.165, 1.54) is 76.2 Å². The summed E-state index contributed by atoms with van der Waals surface area (Å²) < 4.78 is 21.9. The summed E-state index contributed by atoms with van der Waals surface area (Å²) in [5, 5.41) is 0. The quantitative estimate of drug-likeness (QED) is 0.464. The molecule has 7 rings (SSSR count). The number of hydrogen-bond donors (Lipinski definition) is 0. The van der Waals surface area contributed by atoms with Crippen molar-refractivity contribution in [1.29, 1.82) is 0 Å². The molecule has 1 aromatic rings. The Morgan fingerprint density at radius 2 is 1.67 bits per heavy atom. The third-order valence-electron chi connectivity index (χ3n) is 9.91. The van der Waals surface area contributed by atoms with E-state index in [0.29, 0.717) is 23.2 Å². The van der Waals surface area contributed by atoms with E-state index in [-0.39, 0.29) is 5.82 Å². The molecule has 0 aromatic heterocycles. The van der Waals surface area contributed by atoms with Crippen molar-refractivity contribution in [3.8, 4) is 5.75 Å². The molecule has 0 radical (unpaired) electrons. The summed E-state index contributed by atoms with van der Waals surface area (Å²) in [7, 11) is 0. The van der Waals surface area contributed by atoms with Crippen LogP contribution in [0.4, 0.5) is 4.39 Å². The topological polar surface area (TPSA) is 9.23 Å². The first-order valence-electron chi connectivity index (χ1n) is 13.0. The van der Waals surface area contributed by atoms with Gasteiger partial charge in [-0.05, 0) is 116 Å². The summed E-state index contributed by atoms with van der Waals surface area (Å²) in [6.45, 7) is 5.44. The number of ether oxygens (including phenoxy) is 1.